The van der Waals surface area contributed by atoms with Crippen molar-refractivity contribution in [2.75, 3.05) is 13.2 Å². The van der Waals surface area contributed by atoms with Crippen molar-refractivity contribution in [3.8, 4) is 11.5 Å². The fourth-order valence-corrected chi connectivity index (χ4v) is 2.72. The summed E-state index contributed by atoms with van der Waals surface area (Å²) < 4.78 is 34.8. The van der Waals surface area contributed by atoms with Gasteiger partial charge in [0.15, 0.2) is 6.61 Å². The van der Waals surface area contributed by atoms with Crippen LogP contribution in [0.1, 0.15) is 5.56 Å². The maximum absolute atomic E-state index is 12.4. The van der Waals surface area contributed by atoms with E-state index < -0.39 is 6.61 Å². The van der Waals surface area contributed by atoms with Crippen LogP contribution in [-0.4, -0.2) is 25.7 Å². The van der Waals surface area contributed by atoms with Crippen molar-refractivity contribution < 1.29 is 23.0 Å². The molecule has 3 aromatic rings. The van der Waals surface area contributed by atoms with Crippen LogP contribution in [0.5, 0.6) is 11.5 Å². The van der Waals surface area contributed by atoms with Gasteiger partial charge in [-0.1, -0.05) is 48.5 Å². The highest BCUT2D eigenvalue weighted by Crippen LogP contribution is 2.21. The second-order valence-electron chi connectivity index (χ2n) is 5.88. The van der Waals surface area contributed by atoms with Crippen LogP contribution in [0.2, 0.25) is 0 Å². The molecule has 0 bridgehead atoms. The Bertz CT molecular complexity index is 915. The molecule has 0 atom stereocenters. The van der Waals surface area contributed by atoms with Crippen molar-refractivity contribution in [2.24, 2.45) is 0 Å². The van der Waals surface area contributed by atoms with Crippen molar-refractivity contribution in [3.05, 3.63) is 72.3 Å². The third kappa shape index (κ3) is 5.41. The minimum Gasteiger partial charge on any atom is -0.484 e. The molecule has 4 nitrogen and oxygen atoms in total. The summed E-state index contributed by atoms with van der Waals surface area (Å²) in [4.78, 5) is 11.9. The number of nitrogens with one attached hydrogen (secondary N) is 1. The van der Waals surface area contributed by atoms with Crippen molar-refractivity contribution in [1.29, 1.82) is 0 Å². The van der Waals surface area contributed by atoms with E-state index in [0.717, 1.165) is 10.8 Å². The molecule has 1 N–H and O–H groups in total. The van der Waals surface area contributed by atoms with Gasteiger partial charge in [-0.15, -0.1) is 0 Å². The van der Waals surface area contributed by atoms with E-state index in [1.807, 2.05) is 42.5 Å². The van der Waals surface area contributed by atoms with Gasteiger partial charge in [-0.25, -0.2) is 0 Å². The van der Waals surface area contributed by atoms with Crippen molar-refractivity contribution in [1.82, 2.24) is 5.32 Å². The number of ether oxygens (including phenoxy) is 2. The van der Waals surface area contributed by atoms with Gasteiger partial charge in [0.1, 0.15) is 11.5 Å². The van der Waals surface area contributed by atoms with Gasteiger partial charge >= 0.3 is 6.61 Å². The summed E-state index contributed by atoms with van der Waals surface area (Å²) in [6.07, 6.45) is 0.380. The van der Waals surface area contributed by atoms with Gasteiger partial charge in [0, 0.05) is 6.54 Å². The highest BCUT2D eigenvalue weighted by atomic mass is 19.3. The molecule has 0 radical (unpaired) electrons. The lowest BCUT2D eigenvalue weighted by Gasteiger charge is -2.11. The molecule has 0 unspecified atom stereocenters. The Balaban J connectivity index is 1.47. The lowest BCUT2D eigenvalue weighted by atomic mass is 10.1. The van der Waals surface area contributed by atoms with E-state index in [1.54, 1.807) is 18.2 Å². The Labute approximate surface area is 155 Å². The monoisotopic (exact) mass is 371 g/mol. The summed E-state index contributed by atoms with van der Waals surface area (Å²) in [6, 6.07) is 20.0. The summed E-state index contributed by atoms with van der Waals surface area (Å²) in [6.45, 7) is -2.70. The van der Waals surface area contributed by atoms with Crippen LogP contribution in [-0.2, 0) is 11.2 Å². The highest BCUT2D eigenvalue weighted by Gasteiger charge is 2.09. The quantitative estimate of drug-likeness (QED) is 0.646. The summed E-state index contributed by atoms with van der Waals surface area (Å²) in [7, 11) is 0. The summed E-state index contributed by atoms with van der Waals surface area (Å²) in [5, 5.41) is 4.84. The van der Waals surface area contributed by atoms with Crippen LogP contribution < -0.4 is 14.8 Å². The smallest absolute Gasteiger partial charge is 0.387 e. The zero-order valence-corrected chi connectivity index (χ0v) is 14.5. The molecule has 3 aromatic carbocycles. The standard InChI is InChI=1S/C21H19F2NO3/c22-21(23)27-19-8-4-3-6-16(19)11-12-24-20(25)14-26-18-10-9-15-5-1-2-7-17(15)13-18/h1-10,13,21H,11-12,14H2,(H,24,25). The summed E-state index contributed by atoms with van der Waals surface area (Å²) in [5.74, 6) is 0.448. The molecular weight excluding hydrogens is 352 g/mol. The number of amides is 1. The molecule has 140 valence electrons. The van der Waals surface area contributed by atoms with E-state index in [4.69, 9.17) is 4.74 Å². The Morgan fingerprint density at radius 3 is 2.52 bits per heavy atom. The number of fused-ring (bicyclic) bond motifs is 1. The topological polar surface area (TPSA) is 47.6 Å². The number of halogens is 2. The molecule has 0 aromatic heterocycles. The van der Waals surface area contributed by atoms with Gasteiger partial charge in [0.25, 0.3) is 5.91 Å². The third-order valence-corrected chi connectivity index (χ3v) is 4.00. The zero-order chi connectivity index (χ0) is 19.1. The van der Waals surface area contributed by atoms with Crippen molar-refractivity contribution >= 4 is 16.7 Å². The van der Waals surface area contributed by atoms with Crippen LogP contribution in [0.4, 0.5) is 8.78 Å². The molecule has 1 amide bonds. The first-order valence-electron chi connectivity index (χ1n) is 8.53. The molecule has 27 heavy (non-hydrogen) atoms. The highest BCUT2D eigenvalue weighted by molar-refractivity contribution is 5.84. The fourth-order valence-electron chi connectivity index (χ4n) is 2.72. The number of hydrogen-bond donors (Lipinski definition) is 1. The molecule has 0 spiro atoms. The lowest BCUT2D eigenvalue weighted by Crippen LogP contribution is -2.30. The third-order valence-electron chi connectivity index (χ3n) is 4.00. The largest absolute Gasteiger partial charge is 0.484 e. The van der Waals surface area contributed by atoms with E-state index in [-0.39, 0.29) is 18.3 Å². The maximum atomic E-state index is 12.4. The normalized spacial score (nSPS) is 10.8. The van der Waals surface area contributed by atoms with E-state index in [2.05, 4.69) is 10.1 Å². The van der Waals surface area contributed by atoms with Gasteiger partial charge in [-0.05, 0) is 41.0 Å². The first-order valence-corrected chi connectivity index (χ1v) is 8.53. The van der Waals surface area contributed by atoms with Gasteiger partial charge in [0.2, 0.25) is 0 Å². The van der Waals surface area contributed by atoms with Gasteiger partial charge in [-0.2, -0.15) is 8.78 Å². The fraction of sp³-hybridized carbons (Fsp3) is 0.190. The first-order chi connectivity index (χ1) is 13.1. The molecule has 0 heterocycles. The van der Waals surface area contributed by atoms with E-state index >= 15 is 0 Å². The van der Waals surface area contributed by atoms with E-state index in [1.165, 1.54) is 6.07 Å². The number of alkyl halides is 2. The molecule has 0 saturated heterocycles. The molecule has 0 saturated carbocycles. The molecule has 0 fully saturated rings. The predicted molar refractivity (Wildman–Crippen MR) is 99.2 cm³/mol. The Hall–Kier alpha value is -3.15. The number of rotatable bonds is 8. The molecular formula is C21H19F2NO3. The minimum atomic E-state index is -2.88. The van der Waals surface area contributed by atoms with Crippen molar-refractivity contribution in [2.45, 2.75) is 13.0 Å². The predicted octanol–water partition coefficient (Wildman–Crippen LogP) is 4.18. The Morgan fingerprint density at radius 1 is 0.963 bits per heavy atom. The first kappa shape index (κ1) is 18.6. The minimum absolute atomic E-state index is 0.118. The molecule has 0 aliphatic heterocycles. The number of carbonyl (C=O) groups excluding carboxylic acids is 1. The van der Waals surface area contributed by atoms with Crippen LogP contribution in [0.3, 0.4) is 0 Å². The Kier molecular flexibility index (Phi) is 6.20. The number of para-hydroxylation sites is 1. The lowest BCUT2D eigenvalue weighted by molar-refractivity contribution is -0.123. The molecule has 6 heteroatoms. The zero-order valence-electron chi connectivity index (χ0n) is 14.5. The van der Waals surface area contributed by atoms with Gasteiger partial charge < -0.3 is 14.8 Å². The van der Waals surface area contributed by atoms with E-state index in [9.17, 15) is 13.6 Å². The molecule has 0 aliphatic rings. The number of hydrogen-bond acceptors (Lipinski definition) is 3. The van der Waals surface area contributed by atoms with Crippen LogP contribution >= 0.6 is 0 Å². The molecule has 0 aliphatic carbocycles. The number of carbonyl (C=O) groups is 1. The van der Waals surface area contributed by atoms with Crippen molar-refractivity contribution in [3.63, 3.8) is 0 Å². The van der Waals surface area contributed by atoms with Crippen LogP contribution in [0.25, 0.3) is 10.8 Å². The summed E-state index contributed by atoms with van der Waals surface area (Å²) in [5.41, 5.74) is 0.605. The molecule has 3 rings (SSSR count). The van der Waals surface area contributed by atoms with Gasteiger partial charge in [0.05, 0.1) is 0 Å². The SMILES string of the molecule is O=C(COc1ccc2ccccc2c1)NCCc1ccccc1OC(F)F. The van der Waals surface area contributed by atoms with Gasteiger partial charge in [-0.3, -0.25) is 4.79 Å². The second-order valence-corrected chi connectivity index (χ2v) is 5.88. The average Bonchev–Trinajstić information content (AvgIpc) is 2.67. The van der Waals surface area contributed by atoms with Crippen LogP contribution in [0.15, 0.2) is 66.7 Å². The maximum Gasteiger partial charge on any atom is 0.387 e. The summed E-state index contributed by atoms with van der Waals surface area (Å²) >= 11 is 0. The van der Waals surface area contributed by atoms with E-state index in [0.29, 0.717) is 24.3 Å². The second kappa shape index (κ2) is 8.98. The Morgan fingerprint density at radius 2 is 1.70 bits per heavy atom. The average molecular weight is 371 g/mol. The van der Waals surface area contributed by atoms with Crippen LogP contribution in [0, 0.1) is 0 Å². The number of benzene rings is 3.